The highest BCUT2D eigenvalue weighted by Gasteiger charge is 2.20. The lowest BCUT2D eigenvalue weighted by molar-refractivity contribution is -0.139. The molecule has 0 N–H and O–H groups in total. The van der Waals surface area contributed by atoms with Gasteiger partial charge in [-0.2, -0.15) is 0 Å². The fourth-order valence-corrected chi connectivity index (χ4v) is 2.40. The summed E-state index contributed by atoms with van der Waals surface area (Å²) in [5, 5.41) is 3.67. The number of rotatable bonds is 11. The predicted molar refractivity (Wildman–Crippen MR) is 99.5 cm³/mol. The summed E-state index contributed by atoms with van der Waals surface area (Å²) in [4.78, 5) is 16.6. The van der Waals surface area contributed by atoms with Crippen molar-refractivity contribution in [3.05, 3.63) is 35.6 Å². The molecule has 0 saturated heterocycles. The van der Waals surface area contributed by atoms with E-state index in [9.17, 15) is 4.79 Å². The fourth-order valence-electron chi connectivity index (χ4n) is 2.40. The molecule has 0 saturated carbocycles. The van der Waals surface area contributed by atoms with E-state index in [1.54, 1.807) is 24.3 Å². The first-order chi connectivity index (χ1) is 13.6. The van der Waals surface area contributed by atoms with Crippen LogP contribution >= 0.6 is 0 Å². The van der Waals surface area contributed by atoms with Crippen LogP contribution in [0.5, 0.6) is 11.5 Å². The Bertz CT molecular complexity index is 799. The van der Waals surface area contributed by atoms with Crippen molar-refractivity contribution in [2.45, 2.75) is 6.42 Å². The Morgan fingerprint density at radius 3 is 2.50 bits per heavy atom. The number of carbonyl (C=O) groups is 1. The molecular weight excluding hydrogens is 370 g/mol. The highest BCUT2D eigenvalue weighted by molar-refractivity contribution is 5.82. The monoisotopic (exact) mass is 393 g/mol. The fraction of sp³-hybridized carbons (Fsp3) is 0.368. The molecule has 28 heavy (non-hydrogen) atoms. The number of oxime groups is 1. The Balaban J connectivity index is 2.54. The molecule has 9 heteroatoms. The summed E-state index contributed by atoms with van der Waals surface area (Å²) in [6, 6.07) is 6.83. The molecule has 1 aromatic heterocycles. The number of hydrogen-bond acceptors (Lipinski definition) is 9. The number of benzene rings is 1. The van der Waals surface area contributed by atoms with Crippen LogP contribution in [0, 0.1) is 0 Å². The van der Waals surface area contributed by atoms with E-state index in [0.29, 0.717) is 34.1 Å². The summed E-state index contributed by atoms with van der Waals surface area (Å²) in [6.07, 6.45) is 1.41. The van der Waals surface area contributed by atoms with Gasteiger partial charge in [0.15, 0.2) is 13.6 Å². The van der Waals surface area contributed by atoms with Gasteiger partial charge in [0, 0.05) is 20.3 Å². The summed E-state index contributed by atoms with van der Waals surface area (Å²) >= 11 is 0. The molecular formula is C19H23NO8. The number of methoxy groups -OCH3 is 3. The number of ether oxygens (including phenoxy) is 5. The zero-order valence-electron chi connectivity index (χ0n) is 16.2. The molecule has 2 rings (SSSR count). The molecule has 0 aliphatic heterocycles. The van der Waals surface area contributed by atoms with E-state index in [1.807, 2.05) is 0 Å². The largest absolute Gasteiger partial charge is 0.469 e. The Morgan fingerprint density at radius 2 is 1.82 bits per heavy atom. The van der Waals surface area contributed by atoms with Crippen molar-refractivity contribution in [2.75, 3.05) is 42.0 Å². The van der Waals surface area contributed by atoms with Crippen LogP contribution in [0.1, 0.15) is 11.3 Å². The lowest BCUT2D eigenvalue weighted by atomic mass is 10.0. The van der Waals surface area contributed by atoms with Crippen LogP contribution in [0.25, 0.3) is 11.3 Å². The average molecular weight is 393 g/mol. The molecule has 2 aromatic rings. The Labute approximate surface area is 162 Å². The summed E-state index contributed by atoms with van der Waals surface area (Å²) in [5.41, 5.74) is 1.17. The molecule has 1 aromatic carbocycles. The molecule has 0 spiro atoms. The highest BCUT2D eigenvalue weighted by atomic mass is 16.7. The average Bonchev–Trinajstić information content (AvgIpc) is 3.17. The number of furan rings is 1. The van der Waals surface area contributed by atoms with E-state index in [-0.39, 0.29) is 20.0 Å². The van der Waals surface area contributed by atoms with Gasteiger partial charge < -0.3 is 32.9 Å². The van der Waals surface area contributed by atoms with Gasteiger partial charge in [-0.1, -0.05) is 5.16 Å². The number of hydrogen-bond donors (Lipinski definition) is 0. The maximum atomic E-state index is 11.9. The van der Waals surface area contributed by atoms with E-state index in [4.69, 9.17) is 28.1 Å². The highest BCUT2D eigenvalue weighted by Crippen LogP contribution is 2.38. The van der Waals surface area contributed by atoms with Crippen molar-refractivity contribution in [2.24, 2.45) is 5.16 Å². The minimum atomic E-state index is -0.421. The minimum Gasteiger partial charge on any atom is -0.469 e. The molecule has 0 aliphatic carbocycles. The van der Waals surface area contributed by atoms with E-state index in [0.717, 1.165) is 0 Å². The van der Waals surface area contributed by atoms with Gasteiger partial charge in [-0.15, -0.1) is 0 Å². The molecule has 0 atom stereocenters. The van der Waals surface area contributed by atoms with Gasteiger partial charge in [0.05, 0.1) is 19.1 Å². The minimum absolute atomic E-state index is 0.00288. The molecule has 0 radical (unpaired) electrons. The summed E-state index contributed by atoms with van der Waals surface area (Å²) in [5.74, 6) is 1.40. The SMILES string of the molecule is COCOc1cc(CC(=O)OC)c(-c2ccc(C=NOC)o2)c(OCOC)c1. The van der Waals surface area contributed by atoms with Crippen LogP contribution in [-0.4, -0.2) is 54.2 Å². The molecule has 1 heterocycles. The van der Waals surface area contributed by atoms with Crippen molar-refractivity contribution >= 4 is 12.2 Å². The van der Waals surface area contributed by atoms with Gasteiger partial charge in [-0.25, -0.2) is 0 Å². The zero-order chi connectivity index (χ0) is 20.4. The van der Waals surface area contributed by atoms with Crippen molar-refractivity contribution in [3.8, 4) is 22.8 Å². The van der Waals surface area contributed by atoms with Gasteiger partial charge in [-0.3, -0.25) is 4.79 Å². The van der Waals surface area contributed by atoms with Crippen molar-refractivity contribution in [3.63, 3.8) is 0 Å². The quantitative estimate of drug-likeness (QED) is 0.249. The normalized spacial score (nSPS) is 10.9. The zero-order valence-corrected chi connectivity index (χ0v) is 16.2. The molecule has 0 bridgehead atoms. The lowest BCUT2D eigenvalue weighted by Crippen LogP contribution is -2.09. The number of nitrogens with zero attached hydrogens (tertiary/aromatic N) is 1. The molecule has 152 valence electrons. The van der Waals surface area contributed by atoms with Crippen LogP contribution in [0.2, 0.25) is 0 Å². The third-order valence-corrected chi connectivity index (χ3v) is 3.55. The third-order valence-electron chi connectivity index (χ3n) is 3.55. The van der Waals surface area contributed by atoms with E-state index < -0.39 is 5.97 Å². The standard InChI is InChI=1S/C19H23NO8/c1-22-11-26-15-7-13(8-18(21)24-3)19(17(9-15)27-12-23-2)16-6-5-14(28-16)10-20-25-4/h5-7,9-10H,8,11-12H2,1-4H3. The summed E-state index contributed by atoms with van der Waals surface area (Å²) < 4.78 is 31.8. The first-order valence-electron chi connectivity index (χ1n) is 8.26. The Morgan fingerprint density at radius 1 is 1.07 bits per heavy atom. The summed E-state index contributed by atoms with van der Waals surface area (Å²) in [7, 11) is 5.77. The van der Waals surface area contributed by atoms with Gasteiger partial charge >= 0.3 is 5.97 Å². The number of carbonyl (C=O) groups excluding carboxylic acids is 1. The third kappa shape index (κ3) is 5.73. The van der Waals surface area contributed by atoms with Crippen LogP contribution in [0.4, 0.5) is 0 Å². The van der Waals surface area contributed by atoms with Gasteiger partial charge in [0.1, 0.15) is 36.3 Å². The topological polar surface area (TPSA) is 98.0 Å². The second-order valence-electron chi connectivity index (χ2n) is 5.43. The first kappa shape index (κ1) is 21.3. The molecule has 0 unspecified atom stereocenters. The maximum Gasteiger partial charge on any atom is 0.310 e. The van der Waals surface area contributed by atoms with Crippen molar-refractivity contribution in [1.29, 1.82) is 0 Å². The van der Waals surface area contributed by atoms with Gasteiger partial charge in [0.2, 0.25) is 0 Å². The second-order valence-corrected chi connectivity index (χ2v) is 5.43. The van der Waals surface area contributed by atoms with E-state index >= 15 is 0 Å². The van der Waals surface area contributed by atoms with Crippen molar-refractivity contribution < 1.29 is 37.7 Å². The summed E-state index contributed by atoms with van der Waals surface area (Å²) in [6.45, 7) is 0.0379. The number of esters is 1. The Kier molecular flexibility index (Phi) is 8.32. The smallest absolute Gasteiger partial charge is 0.310 e. The second kappa shape index (κ2) is 11.0. The lowest BCUT2D eigenvalue weighted by Gasteiger charge is -2.16. The van der Waals surface area contributed by atoms with E-state index in [1.165, 1.54) is 34.7 Å². The van der Waals surface area contributed by atoms with Crippen LogP contribution in [0.3, 0.4) is 0 Å². The van der Waals surface area contributed by atoms with Crippen LogP contribution in [0.15, 0.2) is 33.8 Å². The predicted octanol–water partition coefficient (Wildman–Crippen LogP) is 2.61. The molecule has 0 fully saturated rings. The van der Waals surface area contributed by atoms with E-state index in [2.05, 4.69) is 9.99 Å². The van der Waals surface area contributed by atoms with Crippen molar-refractivity contribution in [1.82, 2.24) is 0 Å². The Hall–Kier alpha value is -3.04. The maximum absolute atomic E-state index is 11.9. The molecule has 9 nitrogen and oxygen atoms in total. The van der Waals surface area contributed by atoms with Gasteiger partial charge in [0.25, 0.3) is 0 Å². The van der Waals surface area contributed by atoms with Gasteiger partial charge in [-0.05, 0) is 23.8 Å². The first-order valence-corrected chi connectivity index (χ1v) is 8.26. The molecule has 0 amide bonds. The van der Waals surface area contributed by atoms with Crippen LogP contribution < -0.4 is 9.47 Å². The molecule has 0 aliphatic rings. The van der Waals surface area contributed by atoms with Crippen LogP contribution in [-0.2, 0) is 30.3 Å².